The molecule has 5 rings (SSSR count). The quantitative estimate of drug-likeness (QED) is 0.104. The summed E-state index contributed by atoms with van der Waals surface area (Å²) < 4.78 is 10.00. The van der Waals surface area contributed by atoms with Gasteiger partial charge < -0.3 is 29.9 Å². The fourth-order valence-corrected chi connectivity index (χ4v) is 4.42. The highest BCUT2D eigenvalue weighted by Gasteiger charge is 2.32. The maximum Gasteiger partial charge on any atom is 0.198 e. The molecule has 0 saturated carbocycles. The third-order valence-corrected chi connectivity index (χ3v) is 6.72. The number of ether oxygens (including phenoxy) is 2. The molecule has 0 spiro atoms. The van der Waals surface area contributed by atoms with Crippen molar-refractivity contribution in [2.24, 2.45) is 0 Å². The van der Waals surface area contributed by atoms with E-state index in [-0.39, 0.29) is 52.0 Å². The van der Waals surface area contributed by atoms with Crippen LogP contribution in [0.5, 0.6) is 34.5 Å². The maximum atomic E-state index is 12.2. The van der Waals surface area contributed by atoms with Crippen LogP contribution in [0.4, 0.5) is 0 Å². The second-order valence-corrected chi connectivity index (χ2v) is 9.70. The topological polar surface area (TPSA) is 168 Å². The van der Waals surface area contributed by atoms with Gasteiger partial charge in [-0.25, -0.2) is 0 Å². The SMILES string of the molecule is COc1cc(/C=C/C(=O)CC(=O)/C=C/c2ccc(O)c(OC)c2)ccc1O.O=C1c2ccccc2C(=O)c2c1ccc(O)c2O. The van der Waals surface area contributed by atoms with E-state index < -0.39 is 17.3 Å². The zero-order valence-electron chi connectivity index (χ0n) is 24.2. The molecule has 0 aromatic heterocycles. The highest BCUT2D eigenvalue weighted by atomic mass is 16.5. The van der Waals surface area contributed by atoms with Crippen LogP contribution in [0.2, 0.25) is 0 Å². The summed E-state index contributed by atoms with van der Waals surface area (Å²) >= 11 is 0. The van der Waals surface area contributed by atoms with Gasteiger partial charge in [0.2, 0.25) is 0 Å². The number of allylic oxidation sites excluding steroid dienone is 2. The molecule has 0 unspecified atom stereocenters. The van der Waals surface area contributed by atoms with E-state index in [0.717, 1.165) is 0 Å². The molecule has 4 N–H and O–H groups in total. The third kappa shape index (κ3) is 7.26. The van der Waals surface area contributed by atoms with Gasteiger partial charge in [-0.05, 0) is 59.7 Å². The summed E-state index contributed by atoms with van der Waals surface area (Å²) in [6.45, 7) is 0. The minimum Gasteiger partial charge on any atom is -0.504 e. The number of hydrogen-bond acceptors (Lipinski definition) is 10. The second kappa shape index (κ2) is 13.9. The molecule has 10 nitrogen and oxygen atoms in total. The van der Waals surface area contributed by atoms with Crippen LogP contribution in [0.25, 0.3) is 12.2 Å². The summed E-state index contributed by atoms with van der Waals surface area (Å²) in [5.74, 6) is -1.81. The number of carbonyl (C=O) groups is 4. The number of hydrogen-bond donors (Lipinski definition) is 4. The highest BCUT2D eigenvalue weighted by molar-refractivity contribution is 6.29. The average Bonchev–Trinajstić information content (AvgIpc) is 3.04. The number of methoxy groups -OCH3 is 2. The van der Waals surface area contributed by atoms with Crippen molar-refractivity contribution in [3.63, 3.8) is 0 Å². The molecule has 228 valence electrons. The van der Waals surface area contributed by atoms with Gasteiger partial charge in [0.05, 0.1) is 26.2 Å². The Morgan fingerprint density at radius 3 is 1.58 bits per heavy atom. The zero-order valence-corrected chi connectivity index (χ0v) is 24.2. The molecule has 0 aliphatic heterocycles. The number of phenols is 4. The monoisotopic (exact) mass is 608 g/mol. The van der Waals surface area contributed by atoms with E-state index >= 15 is 0 Å². The first-order valence-electron chi connectivity index (χ1n) is 13.4. The molecule has 1 aliphatic rings. The third-order valence-electron chi connectivity index (χ3n) is 6.72. The van der Waals surface area contributed by atoms with Gasteiger partial charge in [-0.3, -0.25) is 19.2 Å². The highest BCUT2D eigenvalue weighted by Crippen LogP contribution is 2.37. The van der Waals surface area contributed by atoms with E-state index in [9.17, 15) is 39.6 Å². The smallest absolute Gasteiger partial charge is 0.198 e. The fourth-order valence-electron chi connectivity index (χ4n) is 4.42. The lowest BCUT2D eigenvalue weighted by atomic mass is 9.83. The predicted molar refractivity (Wildman–Crippen MR) is 165 cm³/mol. The number of benzene rings is 4. The van der Waals surface area contributed by atoms with Crippen LogP contribution in [0.1, 0.15) is 49.4 Å². The van der Waals surface area contributed by atoms with Crippen LogP contribution in [-0.2, 0) is 9.59 Å². The van der Waals surface area contributed by atoms with Crippen LogP contribution in [0.3, 0.4) is 0 Å². The first-order valence-corrected chi connectivity index (χ1v) is 13.4. The molecule has 0 saturated heterocycles. The molecule has 10 heteroatoms. The lowest BCUT2D eigenvalue weighted by Gasteiger charge is -2.18. The molecule has 0 radical (unpaired) electrons. The molecular weight excluding hydrogens is 580 g/mol. The summed E-state index contributed by atoms with van der Waals surface area (Å²) in [4.78, 5) is 48.2. The summed E-state index contributed by atoms with van der Waals surface area (Å²) in [5, 5.41) is 38.2. The van der Waals surface area contributed by atoms with Crippen LogP contribution < -0.4 is 9.47 Å². The van der Waals surface area contributed by atoms with Crippen LogP contribution in [0, 0.1) is 0 Å². The van der Waals surface area contributed by atoms with Crippen molar-refractivity contribution in [2.45, 2.75) is 6.42 Å². The van der Waals surface area contributed by atoms with Gasteiger partial charge >= 0.3 is 0 Å². The minimum absolute atomic E-state index is 0.00662. The summed E-state index contributed by atoms with van der Waals surface area (Å²) in [7, 11) is 2.87. The van der Waals surface area contributed by atoms with Gasteiger partial charge in [-0.2, -0.15) is 0 Å². The largest absolute Gasteiger partial charge is 0.504 e. The van der Waals surface area contributed by atoms with Gasteiger partial charge in [-0.1, -0.05) is 48.6 Å². The first-order chi connectivity index (χ1) is 21.5. The maximum absolute atomic E-state index is 12.2. The van der Waals surface area contributed by atoms with E-state index in [2.05, 4.69) is 0 Å². The van der Waals surface area contributed by atoms with E-state index in [4.69, 9.17) is 9.47 Å². The summed E-state index contributed by atoms with van der Waals surface area (Å²) in [6.07, 6.45) is 5.44. The number of carbonyl (C=O) groups excluding carboxylic acids is 4. The Morgan fingerprint density at radius 1 is 0.622 bits per heavy atom. The fraction of sp³-hybridized carbons (Fsp3) is 0.0857. The van der Waals surface area contributed by atoms with Gasteiger partial charge in [0.25, 0.3) is 0 Å². The Balaban J connectivity index is 0.000000220. The van der Waals surface area contributed by atoms with Crippen molar-refractivity contribution in [1.29, 1.82) is 0 Å². The van der Waals surface area contributed by atoms with Gasteiger partial charge in [0.15, 0.2) is 57.6 Å². The van der Waals surface area contributed by atoms with E-state index in [1.807, 2.05) is 0 Å². The zero-order chi connectivity index (χ0) is 32.7. The van der Waals surface area contributed by atoms with Gasteiger partial charge in [-0.15, -0.1) is 0 Å². The summed E-state index contributed by atoms with van der Waals surface area (Å²) in [6, 6.07) is 18.3. The molecule has 4 aromatic rings. The van der Waals surface area contributed by atoms with Crippen molar-refractivity contribution < 1.29 is 49.1 Å². The van der Waals surface area contributed by atoms with Gasteiger partial charge in [0.1, 0.15) is 0 Å². The number of ketones is 4. The predicted octanol–water partition coefficient (Wildman–Crippen LogP) is 5.24. The Bertz CT molecular complexity index is 1790. The van der Waals surface area contributed by atoms with Crippen molar-refractivity contribution in [1.82, 2.24) is 0 Å². The molecule has 4 aromatic carbocycles. The first kappa shape index (κ1) is 31.8. The van der Waals surface area contributed by atoms with Crippen LogP contribution in [-0.4, -0.2) is 57.8 Å². The van der Waals surface area contributed by atoms with Crippen molar-refractivity contribution >= 4 is 35.3 Å². The van der Waals surface area contributed by atoms with E-state index in [1.54, 1.807) is 54.6 Å². The van der Waals surface area contributed by atoms with E-state index in [0.29, 0.717) is 28.2 Å². The molecule has 0 amide bonds. The lowest BCUT2D eigenvalue weighted by molar-refractivity contribution is -0.121. The standard InChI is InChI=1S/C21H20O6.C14H8O4/c1-26-20-11-14(5-9-18(20)24)3-7-16(22)13-17(23)8-4-15-6-10-19(25)21(12-15)27-2;15-10-6-5-9-11(14(10)18)13(17)8-4-2-1-3-7(8)12(9)16/h3-12,24-25H,13H2,1-2H3;1-6,15,18H/b7-3+,8-4+;. The van der Waals surface area contributed by atoms with Crippen LogP contribution in [0.15, 0.2) is 84.9 Å². The lowest BCUT2D eigenvalue weighted by Crippen LogP contribution is -2.20. The summed E-state index contributed by atoms with van der Waals surface area (Å²) in [5.41, 5.74) is 1.89. The Morgan fingerprint density at radius 2 is 1.09 bits per heavy atom. The van der Waals surface area contributed by atoms with Crippen LogP contribution >= 0.6 is 0 Å². The molecule has 0 atom stereocenters. The number of aromatic hydroxyl groups is 4. The molecule has 1 aliphatic carbocycles. The average molecular weight is 609 g/mol. The molecular formula is C35H28O10. The Kier molecular flexibility index (Phi) is 9.79. The molecule has 0 fully saturated rings. The number of phenolic OH excluding ortho intramolecular Hbond substituents is 4. The molecule has 45 heavy (non-hydrogen) atoms. The minimum atomic E-state index is -0.541. The van der Waals surface area contributed by atoms with Crippen molar-refractivity contribution in [3.8, 4) is 34.5 Å². The Labute approximate surface area is 257 Å². The van der Waals surface area contributed by atoms with Crippen molar-refractivity contribution in [2.75, 3.05) is 14.2 Å². The van der Waals surface area contributed by atoms with Gasteiger partial charge in [0, 0.05) is 16.7 Å². The second-order valence-electron chi connectivity index (χ2n) is 9.70. The van der Waals surface area contributed by atoms with E-state index in [1.165, 1.54) is 56.7 Å². The number of fused-ring (bicyclic) bond motifs is 2. The molecule has 0 heterocycles. The number of rotatable bonds is 8. The molecule has 0 bridgehead atoms. The Hall–Kier alpha value is -6.16. The normalized spacial score (nSPS) is 11.9. The van der Waals surface area contributed by atoms with Crippen molar-refractivity contribution in [3.05, 3.63) is 118 Å².